The number of unbranched alkanes of at least 4 members (excludes halogenated alkanes) is 3. The zero-order chi connectivity index (χ0) is 14.3. The van der Waals surface area contributed by atoms with Gasteiger partial charge in [0.1, 0.15) is 0 Å². The van der Waals surface area contributed by atoms with Crippen molar-refractivity contribution in [1.82, 2.24) is 0 Å². The first kappa shape index (κ1) is 16.1. The molecule has 0 N–H and O–H groups in total. The summed E-state index contributed by atoms with van der Waals surface area (Å²) in [6.45, 7) is 4.21. The van der Waals surface area contributed by atoms with Crippen LogP contribution in [0.3, 0.4) is 0 Å². The van der Waals surface area contributed by atoms with Gasteiger partial charge in [-0.1, -0.05) is 46.0 Å². The monoisotopic (exact) mass is 276 g/mol. The maximum Gasteiger partial charge on any atom is 0.449 e. The summed E-state index contributed by atoms with van der Waals surface area (Å²) in [5, 5.41) is 0. The molecule has 0 saturated heterocycles. The zero-order valence-electron chi connectivity index (χ0n) is 11.7. The van der Waals surface area contributed by atoms with Crippen LogP contribution in [0.25, 0.3) is 0 Å². The molecule has 1 heterocycles. The molecule has 1 aromatic rings. The maximum absolute atomic E-state index is 12.5. The van der Waals surface area contributed by atoms with E-state index in [-0.39, 0.29) is 5.92 Å². The number of rotatable bonds is 8. The van der Waals surface area contributed by atoms with E-state index in [0.717, 1.165) is 32.1 Å². The Balaban J connectivity index is 2.62. The SMILES string of the molecule is CCCCCCC(CCC)c1coc(C(F)(F)F)c1. The highest BCUT2D eigenvalue weighted by molar-refractivity contribution is 5.19. The minimum absolute atomic E-state index is 0.196. The molecule has 110 valence electrons. The third-order valence-electron chi connectivity index (χ3n) is 3.41. The van der Waals surface area contributed by atoms with E-state index in [4.69, 9.17) is 0 Å². The summed E-state index contributed by atoms with van der Waals surface area (Å²) < 4.78 is 42.2. The van der Waals surface area contributed by atoms with E-state index in [1.54, 1.807) is 0 Å². The van der Waals surface area contributed by atoms with Crippen molar-refractivity contribution >= 4 is 0 Å². The van der Waals surface area contributed by atoms with Crippen molar-refractivity contribution in [2.75, 3.05) is 0 Å². The van der Waals surface area contributed by atoms with Crippen LogP contribution in [0.5, 0.6) is 0 Å². The van der Waals surface area contributed by atoms with Crippen LogP contribution < -0.4 is 0 Å². The van der Waals surface area contributed by atoms with Crippen molar-refractivity contribution in [3.8, 4) is 0 Å². The molecule has 1 rings (SSSR count). The second kappa shape index (κ2) is 7.61. The van der Waals surface area contributed by atoms with Crippen LogP contribution >= 0.6 is 0 Å². The van der Waals surface area contributed by atoms with Crippen molar-refractivity contribution in [2.45, 2.75) is 70.9 Å². The predicted molar refractivity (Wildman–Crippen MR) is 70.1 cm³/mol. The Bertz CT molecular complexity index is 355. The van der Waals surface area contributed by atoms with Crippen molar-refractivity contribution in [3.63, 3.8) is 0 Å². The molecule has 0 aliphatic rings. The van der Waals surface area contributed by atoms with Gasteiger partial charge in [0, 0.05) is 0 Å². The fraction of sp³-hybridized carbons (Fsp3) is 0.733. The van der Waals surface area contributed by atoms with Crippen molar-refractivity contribution in [3.05, 3.63) is 23.7 Å². The Morgan fingerprint density at radius 2 is 1.79 bits per heavy atom. The molecule has 1 nitrogen and oxygen atoms in total. The Kier molecular flexibility index (Phi) is 6.46. The van der Waals surface area contributed by atoms with Crippen LogP contribution in [0, 0.1) is 0 Å². The second-order valence-corrected chi connectivity index (χ2v) is 5.08. The Labute approximate surface area is 113 Å². The average Bonchev–Trinajstić information content (AvgIpc) is 2.82. The third-order valence-corrected chi connectivity index (χ3v) is 3.41. The molecule has 1 aromatic heterocycles. The molecule has 1 atom stereocenters. The van der Waals surface area contributed by atoms with Gasteiger partial charge in [0.05, 0.1) is 6.26 Å². The summed E-state index contributed by atoms with van der Waals surface area (Å²) in [6, 6.07) is 1.17. The molecule has 0 bridgehead atoms. The van der Waals surface area contributed by atoms with Crippen LogP contribution in [0.15, 0.2) is 16.7 Å². The molecular formula is C15H23F3O. The summed E-state index contributed by atoms with van der Waals surface area (Å²) in [5.41, 5.74) is 0.700. The average molecular weight is 276 g/mol. The molecule has 4 heteroatoms. The molecule has 0 fully saturated rings. The van der Waals surface area contributed by atoms with Gasteiger partial charge in [-0.3, -0.25) is 0 Å². The molecule has 0 aliphatic carbocycles. The lowest BCUT2D eigenvalue weighted by Crippen LogP contribution is -2.03. The minimum atomic E-state index is -4.38. The van der Waals surface area contributed by atoms with Gasteiger partial charge in [-0.25, -0.2) is 0 Å². The van der Waals surface area contributed by atoms with Gasteiger partial charge in [-0.05, 0) is 30.4 Å². The first-order chi connectivity index (χ1) is 8.99. The molecule has 0 aromatic carbocycles. The van der Waals surface area contributed by atoms with Gasteiger partial charge < -0.3 is 4.42 Å². The molecule has 0 aliphatic heterocycles. The zero-order valence-corrected chi connectivity index (χ0v) is 11.7. The molecule has 0 spiro atoms. The molecule has 0 radical (unpaired) electrons. The predicted octanol–water partition coefficient (Wildman–Crippen LogP) is 6.15. The fourth-order valence-electron chi connectivity index (χ4n) is 2.36. The lowest BCUT2D eigenvalue weighted by molar-refractivity contribution is -0.153. The van der Waals surface area contributed by atoms with Crippen molar-refractivity contribution in [1.29, 1.82) is 0 Å². The highest BCUT2D eigenvalue weighted by atomic mass is 19.4. The molecular weight excluding hydrogens is 253 g/mol. The third kappa shape index (κ3) is 5.29. The Morgan fingerprint density at radius 1 is 1.05 bits per heavy atom. The molecule has 0 saturated carbocycles. The number of furan rings is 1. The van der Waals surface area contributed by atoms with Gasteiger partial charge in [-0.15, -0.1) is 0 Å². The number of hydrogen-bond donors (Lipinski definition) is 0. The van der Waals surface area contributed by atoms with Gasteiger partial charge in [0.15, 0.2) is 0 Å². The smallest absolute Gasteiger partial charge is 0.449 e. The van der Waals surface area contributed by atoms with E-state index in [9.17, 15) is 13.2 Å². The summed E-state index contributed by atoms with van der Waals surface area (Å²) in [6.07, 6.45) is 4.34. The van der Waals surface area contributed by atoms with E-state index in [0.29, 0.717) is 5.56 Å². The lowest BCUT2D eigenvalue weighted by atomic mass is 9.91. The Morgan fingerprint density at radius 3 is 2.32 bits per heavy atom. The molecule has 0 amide bonds. The van der Waals surface area contributed by atoms with Crippen LogP contribution in [0.2, 0.25) is 0 Å². The normalized spacial score (nSPS) is 13.7. The van der Waals surface area contributed by atoms with E-state index < -0.39 is 11.9 Å². The topological polar surface area (TPSA) is 13.1 Å². The van der Waals surface area contributed by atoms with E-state index in [1.807, 2.05) is 0 Å². The van der Waals surface area contributed by atoms with E-state index in [2.05, 4.69) is 18.3 Å². The summed E-state index contributed by atoms with van der Waals surface area (Å²) in [4.78, 5) is 0. The summed E-state index contributed by atoms with van der Waals surface area (Å²) in [7, 11) is 0. The van der Waals surface area contributed by atoms with Crippen LogP contribution in [0.4, 0.5) is 13.2 Å². The van der Waals surface area contributed by atoms with Crippen LogP contribution in [-0.4, -0.2) is 0 Å². The quantitative estimate of drug-likeness (QED) is 0.519. The molecule has 19 heavy (non-hydrogen) atoms. The second-order valence-electron chi connectivity index (χ2n) is 5.08. The highest BCUT2D eigenvalue weighted by Crippen LogP contribution is 2.35. The first-order valence-electron chi connectivity index (χ1n) is 7.14. The van der Waals surface area contributed by atoms with Gasteiger partial charge in [-0.2, -0.15) is 13.2 Å². The van der Waals surface area contributed by atoms with Gasteiger partial charge in [0.25, 0.3) is 0 Å². The lowest BCUT2D eigenvalue weighted by Gasteiger charge is -2.13. The maximum atomic E-state index is 12.5. The standard InChI is InChI=1S/C15H23F3O/c1-3-5-6-7-9-12(8-4-2)13-10-14(19-11-13)15(16,17)18/h10-12H,3-9H2,1-2H3. The van der Waals surface area contributed by atoms with Crippen molar-refractivity contribution in [2.24, 2.45) is 0 Å². The summed E-state index contributed by atoms with van der Waals surface area (Å²) >= 11 is 0. The number of hydrogen-bond acceptors (Lipinski definition) is 1. The molecule has 1 unspecified atom stereocenters. The van der Waals surface area contributed by atoms with Gasteiger partial charge in [0.2, 0.25) is 5.76 Å². The van der Waals surface area contributed by atoms with E-state index >= 15 is 0 Å². The number of alkyl halides is 3. The minimum Gasteiger partial charge on any atom is -0.459 e. The van der Waals surface area contributed by atoms with Crippen LogP contribution in [0.1, 0.15) is 76.0 Å². The van der Waals surface area contributed by atoms with E-state index in [1.165, 1.54) is 25.2 Å². The highest BCUT2D eigenvalue weighted by Gasteiger charge is 2.35. The first-order valence-corrected chi connectivity index (χ1v) is 7.14. The number of halogens is 3. The Hall–Kier alpha value is -0.930. The summed E-state index contributed by atoms with van der Waals surface area (Å²) in [5.74, 6) is -0.682. The fourth-order valence-corrected chi connectivity index (χ4v) is 2.36. The van der Waals surface area contributed by atoms with Crippen molar-refractivity contribution < 1.29 is 17.6 Å². The van der Waals surface area contributed by atoms with Gasteiger partial charge >= 0.3 is 6.18 Å². The largest absolute Gasteiger partial charge is 0.459 e. The van der Waals surface area contributed by atoms with Crippen LogP contribution in [-0.2, 0) is 6.18 Å².